The first kappa shape index (κ1) is 14.8. The molecule has 2 aromatic rings. The van der Waals surface area contributed by atoms with E-state index in [0.717, 1.165) is 6.54 Å². The molecule has 20 heavy (non-hydrogen) atoms. The molecule has 2 aromatic carbocycles. The Hall–Kier alpha value is -1.60. The Morgan fingerprint density at radius 3 is 1.55 bits per heavy atom. The second-order valence-electron chi connectivity index (χ2n) is 5.68. The molecule has 0 aliphatic heterocycles. The van der Waals surface area contributed by atoms with Crippen LogP contribution in [0.4, 0.5) is 0 Å². The highest BCUT2D eigenvalue weighted by molar-refractivity contribution is 5.40. The molecular weight excluding hydrogens is 242 g/mol. The third kappa shape index (κ3) is 3.10. The molecular formula is C19H25N. The molecule has 106 valence electrons. The van der Waals surface area contributed by atoms with Gasteiger partial charge in [-0.25, -0.2) is 0 Å². The molecule has 0 saturated heterocycles. The lowest BCUT2D eigenvalue weighted by Gasteiger charge is -2.21. The van der Waals surface area contributed by atoms with Gasteiger partial charge in [0.2, 0.25) is 0 Å². The third-order valence-corrected chi connectivity index (χ3v) is 4.14. The average Bonchev–Trinajstić information content (AvgIpc) is 2.43. The molecule has 0 saturated carbocycles. The maximum atomic E-state index is 3.61. The molecule has 0 bridgehead atoms. The molecule has 0 spiro atoms. The van der Waals surface area contributed by atoms with Gasteiger partial charge in [0.15, 0.2) is 0 Å². The summed E-state index contributed by atoms with van der Waals surface area (Å²) >= 11 is 0. The van der Waals surface area contributed by atoms with E-state index in [1.807, 2.05) is 0 Å². The molecule has 0 aliphatic carbocycles. The molecule has 1 heteroatoms. The van der Waals surface area contributed by atoms with Crippen LogP contribution < -0.4 is 5.32 Å². The first-order valence-electron chi connectivity index (χ1n) is 7.40. The van der Waals surface area contributed by atoms with Crippen LogP contribution in [0.3, 0.4) is 0 Å². The largest absolute Gasteiger partial charge is 0.307 e. The van der Waals surface area contributed by atoms with Gasteiger partial charge in [0.05, 0.1) is 6.04 Å². The van der Waals surface area contributed by atoms with Crippen molar-refractivity contribution in [3.63, 3.8) is 0 Å². The van der Waals surface area contributed by atoms with Crippen molar-refractivity contribution in [3.8, 4) is 0 Å². The topological polar surface area (TPSA) is 12.0 Å². The van der Waals surface area contributed by atoms with Crippen molar-refractivity contribution in [3.05, 3.63) is 69.8 Å². The number of rotatable bonds is 4. The summed E-state index contributed by atoms with van der Waals surface area (Å²) in [7, 11) is 0. The summed E-state index contributed by atoms with van der Waals surface area (Å²) in [5, 5.41) is 3.61. The van der Waals surface area contributed by atoms with Gasteiger partial charge < -0.3 is 5.32 Å². The molecule has 2 rings (SSSR count). The molecule has 0 atom stereocenters. The lowest BCUT2D eigenvalue weighted by molar-refractivity contribution is 0.629. The van der Waals surface area contributed by atoms with Gasteiger partial charge in [0.25, 0.3) is 0 Å². The molecule has 0 unspecified atom stereocenters. The van der Waals surface area contributed by atoms with Crippen LogP contribution in [-0.2, 0) is 0 Å². The van der Waals surface area contributed by atoms with E-state index in [-0.39, 0.29) is 6.04 Å². The van der Waals surface area contributed by atoms with Gasteiger partial charge in [-0.2, -0.15) is 0 Å². The highest BCUT2D eigenvalue weighted by Crippen LogP contribution is 2.25. The van der Waals surface area contributed by atoms with Crippen LogP contribution in [0.15, 0.2) is 36.4 Å². The fourth-order valence-corrected chi connectivity index (χ4v) is 2.52. The summed E-state index contributed by atoms with van der Waals surface area (Å²) in [5.41, 5.74) is 8.10. The fraction of sp³-hybridized carbons (Fsp3) is 0.368. The molecule has 0 fully saturated rings. The number of benzene rings is 2. The summed E-state index contributed by atoms with van der Waals surface area (Å²) in [6.07, 6.45) is 0. The van der Waals surface area contributed by atoms with Crippen LogP contribution in [0, 0.1) is 27.7 Å². The summed E-state index contributed by atoms with van der Waals surface area (Å²) < 4.78 is 0. The van der Waals surface area contributed by atoms with E-state index < -0.39 is 0 Å². The summed E-state index contributed by atoms with van der Waals surface area (Å²) in [6.45, 7) is 11.8. The van der Waals surface area contributed by atoms with Crippen molar-refractivity contribution in [1.82, 2.24) is 5.32 Å². The van der Waals surface area contributed by atoms with E-state index in [0.29, 0.717) is 0 Å². The summed E-state index contributed by atoms with van der Waals surface area (Å²) in [5.74, 6) is 0. The minimum Gasteiger partial charge on any atom is -0.307 e. The Kier molecular flexibility index (Phi) is 4.61. The molecule has 0 amide bonds. The number of hydrogen-bond donors (Lipinski definition) is 1. The Bertz CT molecular complexity index is 547. The first-order chi connectivity index (χ1) is 9.52. The van der Waals surface area contributed by atoms with E-state index in [4.69, 9.17) is 0 Å². The minimum absolute atomic E-state index is 0.276. The Morgan fingerprint density at radius 1 is 0.750 bits per heavy atom. The Balaban J connectivity index is 2.44. The predicted molar refractivity (Wildman–Crippen MR) is 87.4 cm³/mol. The number of aryl methyl sites for hydroxylation is 4. The van der Waals surface area contributed by atoms with Gasteiger partial charge in [-0.1, -0.05) is 43.3 Å². The van der Waals surface area contributed by atoms with Crippen LogP contribution in [0.5, 0.6) is 0 Å². The molecule has 1 N–H and O–H groups in total. The third-order valence-electron chi connectivity index (χ3n) is 4.14. The van der Waals surface area contributed by atoms with Crippen molar-refractivity contribution in [2.75, 3.05) is 6.54 Å². The second kappa shape index (κ2) is 6.23. The van der Waals surface area contributed by atoms with Gasteiger partial charge in [-0.15, -0.1) is 0 Å². The fourth-order valence-electron chi connectivity index (χ4n) is 2.52. The first-order valence-corrected chi connectivity index (χ1v) is 7.40. The molecule has 1 nitrogen and oxygen atoms in total. The quantitative estimate of drug-likeness (QED) is 0.852. The zero-order valence-electron chi connectivity index (χ0n) is 13.2. The van der Waals surface area contributed by atoms with Crippen LogP contribution in [0.2, 0.25) is 0 Å². The molecule has 0 heterocycles. The van der Waals surface area contributed by atoms with Crippen LogP contribution >= 0.6 is 0 Å². The predicted octanol–water partition coefficient (Wildman–Crippen LogP) is 4.62. The minimum atomic E-state index is 0.276. The standard InChI is InChI=1S/C19H25N/c1-6-20-19(17-9-7-13(2)15(4)11-17)18-10-8-14(3)16(5)12-18/h7-12,19-20H,6H2,1-5H3. The van der Waals surface area contributed by atoms with Gasteiger partial charge in [-0.3, -0.25) is 0 Å². The number of nitrogens with one attached hydrogen (secondary N) is 1. The van der Waals surface area contributed by atoms with Crippen LogP contribution in [0.1, 0.15) is 46.3 Å². The average molecular weight is 267 g/mol. The van der Waals surface area contributed by atoms with E-state index >= 15 is 0 Å². The van der Waals surface area contributed by atoms with Gasteiger partial charge >= 0.3 is 0 Å². The Morgan fingerprint density at radius 2 is 1.20 bits per heavy atom. The molecule has 0 aliphatic rings. The van der Waals surface area contributed by atoms with Crippen LogP contribution in [-0.4, -0.2) is 6.54 Å². The van der Waals surface area contributed by atoms with E-state index in [1.54, 1.807) is 0 Å². The second-order valence-corrected chi connectivity index (χ2v) is 5.68. The van der Waals surface area contributed by atoms with Crippen molar-refractivity contribution in [2.45, 2.75) is 40.7 Å². The monoisotopic (exact) mass is 267 g/mol. The van der Waals surface area contributed by atoms with Gasteiger partial charge in [-0.05, 0) is 67.6 Å². The van der Waals surface area contributed by atoms with E-state index in [9.17, 15) is 0 Å². The van der Waals surface area contributed by atoms with E-state index in [1.165, 1.54) is 33.4 Å². The molecule has 0 aromatic heterocycles. The van der Waals surface area contributed by atoms with Crippen molar-refractivity contribution in [1.29, 1.82) is 0 Å². The lowest BCUT2D eigenvalue weighted by Crippen LogP contribution is -2.22. The SMILES string of the molecule is CCNC(c1ccc(C)c(C)c1)c1ccc(C)c(C)c1. The van der Waals surface area contributed by atoms with Crippen LogP contribution in [0.25, 0.3) is 0 Å². The van der Waals surface area contributed by atoms with Gasteiger partial charge in [0.1, 0.15) is 0 Å². The molecule has 0 radical (unpaired) electrons. The van der Waals surface area contributed by atoms with E-state index in [2.05, 4.69) is 76.3 Å². The maximum absolute atomic E-state index is 3.61. The lowest BCUT2D eigenvalue weighted by atomic mass is 9.93. The summed E-state index contributed by atoms with van der Waals surface area (Å²) in [4.78, 5) is 0. The van der Waals surface area contributed by atoms with Crippen molar-refractivity contribution in [2.24, 2.45) is 0 Å². The number of hydrogen-bond acceptors (Lipinski definition) is 1. The highest BCUT2D eigenvalue weighted by atomic mass is 14.9. The highest BCUT2D eigenvalue weighted by Gasteiger charge is 2.14. The van der Waals surface area contributed by atoms with Crippen molar-refractivity contribution < 1.29 is 0 Å². The van der Waals surface area contributed by atoms with Gasteiger partial charge in [0, 0.05) is 0 Å². The zero-order valence-corrected chi connectivity index (χ0v) is 13.2. The Labute approximate surface area is 123 Å². The summed E-state index contributed by atoms with van der Waals surface area (Å²) in [6, 6.07) is 13.8. The van der Waals surface area contributed by atoms with Crippen molar-refractivity contribution >= 4 is 0 Å². The normalized spacial score (nSPS) is 11.1. The smallest absolute Gasteiger partial charge is 0.0576 e. The maximum Gasteiger partial charge on any atom is 0.0576 e. The zero-order chi connectivity index (χ0) is 14.7.